The second-order valence-electron chi connectivity index (χ2n) is 4.98. The van der Waals surface area contributed by atoms with Gasteiger partial charge in [-0.15, -0.1) is 0 Å². The Morgan fingerprint density at radius 1 is 1.06 bits per heavy atom. The number of unbranched alkanes of at least 4 members (excludes halogenated alkanes) is 1. The van der Waals surface area contributed by atoms with Crippen LogP contribution in [0, 0.1) is 20.8 Å². The third-order valence-corrected chi connectivity index (χ3v) is 3.19. The number of hydrogen-bond donors (Lipinski definition) is 1. The van der Waals surface area contributed by atoms with E-state index in [1.165, 1.54) is 35.2 Å². The summed E-state index contributed by atoms with van der Waals surface area (Å²) in [5, 5.41) is 3.19. The van der Waals surface area contributed by atoms with Gasteiger partial charge >= 0.3 is 0 Å². The van der Waals surface area contributed by atoms with E-state index < -0.39 is 0 Å². The molecule has 1 N–H and O–H groups in total. The molecule has 0 bridgehead atoms. The molecule has 0 fully saturated rings. The lowest BCUT2D eigenvalue weighted by atomic mass is 10.0. The highest BCUT2D eigenvalue weighted by atomic mass is 15.1. The van der Waals surface area contributed by atoms with Crippen LogP contribution in [-0.4, -0.2) is 27.2 Å². The Morgan fingerprint density at radius 2 is 1.65 bits per heavy atom. The summed E-state index contributed by atoms with van der Waals surface area (Å²) < 4.78 is 0. The van der Waals surface area contributed by atoms with Gasteiger partial charge in [-0.1, -0.05) is 17.7 Å². The molecule has 1 rings (SSSR count). The number of hydrogen-bond acceptors (Lipinski definition) is 2. The summed E-state index contributed by atoms with van der Waals surface area (Å²) in [7, 11) is 4.21. The number of anilines is 1. The molecule has 0 radical (unpaired) electrons. The molecular formula is C15H26N2. The van der Waals surface area contributed by atoms with Crippen molar-refractivity contribution in [3.63, 3.8) is 0 Å². The first-order chi connectivity index (χ1) is 8.06. The van der Waals surface area contributed by atoms with Crippen molar-refractivity contribution in [3.8, 4) is 0 Å². The summed E-state index contributed by atoms with van der Waals surface area (Å²) >= 11 is 0. The summed E-state index contributed by atoms with van der Waals surface area (Å²) in [4.78, 5) is 2.39. The van der Waals surface area contributed by atoms with Crippen molar-refractivity contribution in [1.82, 2.24) is 5.32 Å². The van der Waals surface area contributed by atoms with Crippen LogP contribution in [0.25, 0.3) is 0 Å². The Morgan fingerprint density at radius 3 is 2.18 bits per heavy atom. The Balaban J connectivity index is 2.65. The van der Waals surface area contributed by atoms with Gasteiger partial charge in [0.05, 0.1) is 0 Å². The Labute approximate surface area is 106 Å². The van der Waals surface area contributed by atoms with Crippen LogP contribution >= 0.6 is 0 Å². The minimum absolute atomic E-state index is 1.11. The topological polar surface area (TPSA) is 15.3 Å². The zero-order valence-corrected chi connectivity index (χ0v) is 11.9. The highest BCUT2D eigenvalue weighted by molar-refractivity contribution is 5.59. The van der Waals surface area contributed by atoms with Crippen molar-refractivity contribution < 1.29 is 0 Å². The fourth-order valence-electron chi connectivity index (χ4n) is 2.54. The lowest BCUT2D eigenvalue weighted by Gasteiger charge is -2.24. The molecule has 0 aromatic heterocycles. The normalized spacial score (nSPS) is 10.6. The summed E-state index contributed by atoms with van der Waals surface area (Å²) in [6.07, 6.45) is 2.48. The lowest BCUT2D eigenvalue weighted by Crippen LogP contribution is -2.21. The third kappa shape index (κ3) is 4.04. The van der Waals surface area contributed by atoms with Crippen LogP contribution in [0.4, 0.5) is 5.69 Å². The molecule has 0 aliphatic carbocycles. The molecular weight excluding hydrogens is 208 g/mol. The predicted molar refractivity (Wildman–Crippen MR) is 77.1 cm³/mol. The van der Waals surface area contributed by atoms with Gasteiger partial charge in [0.15, 0.2) is 0 Å². The molecule has 0 saturated carbocycles. The summed E-state index contributed by atoms with van der Waals surface area (Å²) in [6, 6.07) is 4.54. The number of benzene rings is 1. The average molecular weight is 234 g/mol. The molecule has 0 aliphatic rings. The van der Waals surface area contributed by atoms with E-state index in [0.29, 0.717) is 0 Å². The number of rotatable bonds is 6. The fraction of sp³-hybridized carbons (Fsp3) is 0.600. The molecule has 0 saturated heterocycles. The first kappa shape index (κ1) is 14.0. The predicted octanol–water partition coefficient (Wildman–Crippen LogP) is 3.05. The average Bonchev–Trinajstić information content (AvgIpc) is 2.23. The molecule has 96 valence electrons. The van der Waals surface area contributed by atoms with Gasteiger partial charge in [0.1, 0.15) is 0 Å². The minimum atomic E-state index is 1.11. The van der Waals surface area contributed by atoms with Gasteiger partial charge in [0.25, 0.3) is 0 Å². The molecule has 0 heterocycles. The fourth-order valence-corrected chi connectivity index (χ4v) is 2.54. The first-order valence-electron chi connectivity index (χ1n) is 6.50. The van der Waals surface area contributed by atoms with Crippen molar-refractivity contribution in [2.45, 2.75) is 33.6 Å². The molecule has 1 aromatic rings. The maximum atomic E-state index is 3.19. The van der Waals surface area contributed by atoms with Gasteiger partial charge in [0.2, 0.25) is 0 Å². The molecule has 0 aliphatic heterocycles. The minimum Gasteiger partial charge on any atom is -0.374 e. The van der Waals surface area contributed by atoms with Crippen LogP contribution < -0.4 is 10.2 Å². The summed E-state index contributed by atoms with van der Waals surface area (Å²) in [6.45, 7) is 8.82. The molecule has 0 amide bonds. The zero-order valence-electron chi connectivity index (χ0n) is 11.9. The SMILES string of the molecule is CNCCCCN(C)c1c(C)cc(C)cc1C. The van der Waals surface area contributed by atoms with Gasteiger partial charge in [-0.3, -0.25) is 0 Å². The van der Waals surface area contributed by atoms with E-state index in [4.69, 9.17) is 0 Å². The molecule has 0 spiro atoms. The highest BCUT2D eigenvalue weighted by Gasteiger charge is 2.08. The Kier molecular flexibility index (Phi) is 5.49. The van der Waals surface area contributed by atoms with E-state index in [-0.39, 0.29) is 0 Å². The van der Waals surface area contributed by atoms with Crippen LogP contribution in [0.3, 0.4) is 0 Å². The molecule has 2 heteroatoms. The molecule has 17 heavy (non-hydrogen) atoms. The first-order valence-corrected chi connectivity index (χ1v) is 6.50. The van der Waals surface area contributed by atoms with Gasteiger partial charge < -0.3 is 10.2 Å². The molecule has 0 atom stereocenters. The highest BCUT2D eigenvalue weighted by Crippen LogP contribution is 2.25. The van der Waals surface area contributed by atoms with Gasteiger partial charge in [-0.05, 0) is 58.3 Å². The van der Waals surface area contributed by atoms with Crippen LogP contribution in [0.2, 0.25) is 0 Å². The van der Waals surface area contributed by atoms with Crippen LogP contribution in [0.5, 0.6) is 0 Å². The number of nitrogens with one attached hydrogen (secondary N) is 1. The maximum absolute atomic E-state index is 3.19. The van der Waals surface area contributed by atoms with E-state index in [0.717, 1.165) is 13.1 Å². The van der Waals surface area contributed by atoms with E-state index in [2.05, 4.69) is 50.2 Å². The van der Waals surface area contributed by atoms with Crippen LogP contribution in [0.15, 0.2) is 12.1 Å². The monoisotopic (exact) mass is 234 g/mol. The second-order valence-corrected chi connectivity index (χ2v) is 4.98. The number of aryl methyl sites for hydroxylation is 3. The largest absolute Gasteiger partial charge is 0.374 e. The Bertz CT molecular complexity index is 335. The van der Waals surface area contributed by atoms with Gasteiger partial charge in [-0.2, -0.15) is 0 Å². The number of nitrogens with zero attached hydrogens (tertiary/aromatic N) is 1. The van der Waals surface area contributed by atoms with Crippen molar-refractivity contribution in [2.24, 2.45) is 0 Å². The lowest BCUT2D eigenvalue weighted by molar-refractivity contribution is 0.670. The van der Waals surface area contributed by atoms with Crippen molar-refractivity contribution in [3.05, 3.63) is 28.8 Å². The van der Waals surface area contributed by atoms with Crippen LogP contribution in [-0.2, 0) is 0 Å². The van der Waals surface area contributed by atoms with E-state index in [1.54, 1.807) is 0 Å². The van der Waals surface area contributed by atoms with E-state index in [1.807, 2.05) is 7.05 Å². The Hall–Kier alpha value is -1.02. The quantitative estimate of drug-likeness (QED) is 0.761. The second kappa shape index (κ2) is 6.65. The molecule has 1 aromatic carbocycles. The van der Waals surface area contributed by atoms with Crippen LogP contribution in [0.1, 0.15) is 29.5 Å². The van der Waals surface area contributed by atoms with E-state index in [9.17, 15) is 0 Å². The summed E-state index contributed by atoms with van der Waals surface area (Å²) in [5.74, 6) is 0. The van der Waals surface area contributed by atoms with Crippen molar-refractivity contribution >= 4 is 5.69 Å². The summed E-state index contributed by atoms with van der Waals surface area (Å²) in [5.41, 5.74) is 5.53. The maximum Gasteiger partial charge on any atom is 0.0423 e. The van der Waals surface area contributed by atoms with Crippen molar-refractivity contribution in [2.75, 3.05) is 32.1 Å². The van der Waals surface area contributed by atoms with Crippen molar-refractivity contribution in [1.29, 1.82) is 0 Å². The zero-order chi connectivity index (χ0) is 12.8. The molecule has 0 unspecified atom stereocenters. The molecule has 2 nitrogen and oxygen atoms in total. The third-order valence-electron chi connectivity index (χ3n) is 3.19. The smallest absolute Gasteiger partial charge is 0.0423 e. The van der Waals surface area contributed by atoms with Gasteiger partial charge in [-0.25, -0.2) is 0 Å². The van der Waals surface area contributed by atoms with Gasteiger partial charge in [0, 0.05) is 19.3 Å². The standard InChI is InChI=1S/C15H26N2/c1-12-10-13(2)15(14(3)11-12)17(5)9-7-6-8-16-4/h10-11,16H,6-9H2,1-5H3. The van der Waals surface area contributed by atoms with E-state index >= 15 is 0 Å².